The lowest BCUT2D eigenvalue weighted by atomic mass is 10.1. The summed E-state index contributed by atoms with van der Waals surface area (Å²) in [6, 6.07) is 8.70. The Bertz CT molecular complexity index is 415. The molecule has 0 bridgehead atoms. The van der Waals surface area contributed by atoms with Crippen LogP contribution >= 0.6 is 22.6 Å². The van der Waals surface area contributed by atoms with E-state index in [-0.39, 0.29) is 5.57 Å². The number of benzene rings is 1. The van der Waals surface area contributed by atoms with Crippen LogP contribution in [0.1, 0.15) is 5.56 Å². The molecule has 14 heavy (non-hydrogen) atoms. The Kier molecular flexibility index (Phi) is 3.65. The molecule has 0 saturated carbocycles. The Morgan fingerprint density at radius 2 is 2.00 bits per heavy atom. The van der Waals surface area contributed by atoms with Gasteiger partial charge in [-0.15, -0.1) is 0 Å². The van der Waals surface area contributed by atoms with Crippen molar-refractivity contribution in [2.24, 2.45) is 0 Å². The summed E-state index contributed by atoms with van der Waals surface area (Å²) in [7, 11) is 0. The lowest BCUT2D eigenvalue weighted by Gasteiger charge is -1.99. The standard InChI is InChI=1S/C10H6INO2/c11-9-3-1-7(2-4-9)5-8(6-12)10(13)14/h1-5H,(H,13,14)/p-1/b8-5+. The largest absolute Gasteiger partial charge is 0.544 e. The number of halogens is 1. The zero-order valence-corrected chi connectivity index (χ0v) is 9.19. The van der Waals surface area contributed by atoms with Gasteiger partial charge < -0.3 is 9.90 Å². The number of carboxylic acids is 1. The van der Waals surface area contributed by atoms with Crippen LogP contribution in [0, 0.1) is 14.9 Å². The van der Waals surface area contributed by atoms with Crippen LogP contribution in [0.15, 0.2) is 29.8 Å². The highest BCUT2D eigenvalue weighted by Crippen LogP contribution is 2.09. The molecule has 1 aromatic rings. The van der Waals surface area contributed by atoms with E-state index in [1.165, 1.54) is 6.08 Å². The van der Waals surface area contributed by atoms with Gasteiger partial charge in [0.25, 0.3) is 0 Å². The molecule has 70 valence electrons. The van der Waals surface area contributed by atoms with Crippen molar-refractivity contribution in [3.05, 3.63) is 39.0 Å². The molecule has 1 rings (SSSR count). The first-order valence-corrected chi connectivity index (χ1v) is 4.80. The van der Waals surface area contributed by atoms with Gasteiger partial charge in [0.2, 0.25) is 0 Å². The number of carbonyl (C=O) groups is 1. The topological polar surface area (TPSA) is 63.9 Å². The van der Waals surface area contributed by atoms with Gasteiger partial charge in [0.05, 0.1) is 11.5 Å². The fourth-order valence-electron chi connectivity index (χ4n) is 0.863. The van der Waals surface area contributed by atoms with E-state index in [2.05, 4.69) is 22.6 Å². The molecule has 0 radical (unpaired) electrons. The number of nitrogens with zero attached hydrogens (tertiary/aromatic N) is 1. The molecule has 1 aromatic carbocycles. The van der Waals surface area contributed by atoms with Crippen LogP contribution < -0.4 is 5.11 Å². The minimum Gasteiger partial charge on any atom is -0.544 e. The molecule has 0 amide bonds. The predicted octanol–water partition coefficient (Wildman–Crippen LogP) is 0.948. The average Bonchev–Trinajstić information content (AvgIpc) is 2.16. The first-order valence-electron chi connectivity index (χ1n) is 3.72. The first-order chi connectivity index (χ1) is 6.63. The van der Waals surface area contributed by atoms with Gasteiger partial charge in [-0.1, -0.05) is 12.1 Å². The summed E-state index contributed by atoms with van der Waals surface area (Å²) in [6.07, 6.45) is 1.28. The molecule has 0 aliphatic rings. The summed E-state index contributed by atoms with van der Waals surface area (Å²) in [5.41, 5.74) is 0.303. The Morgan fingerprint density at radius 3 is 2.43 bits per heavy atom. The van der Waals surface area contributed by atoms with Crippen LogP contribution in [-0.2, 0) is 4.79 Å². The normalized spacial score (nSPS) is 10.7. The van der Waals surface area contributed by atoms with Crippen LogP contribution in [0.25, 0.3) is 6.08 Å². The van der Waals surface area contributed by atoms with E-state index >= 15 is 0 Å². The first kappa shape index (κ1) is 10.7. The Balaban J connectivity index is 3.03. The van der Waals surface area contributed by atoms with Gasteiger partial charge in [-0.3, -0.25) is 0 Å². The summed E-state index contributed by atoms with van der Waals surface area (Å²) in [5, 5.41) is 18.9. The molecule has 0 aliphatic heterocycles. The SMILES string of the molecule is N#C/C(=C\c1ccc(I)cc1)C(=O)[O-]. The minimum absolute atomic E-state index is 0.369. The zero-order valence-electron chi connectivity index (χ0n) is 7.03. The summed E-state index contributed by atoms with van der Waals surface area (Å²) in [4.78, 5) is 10.4. The maximum Gasteiger partial charge on any atom is 0.101 e. The quantitative estimate of drug-likeness (QED) is 0.464. The smallest absolute Gasteiger partial charge is 0.101 e. The molecule has 0 N–H and O–H groups in total. The van der Waals surface area contributed by atoms with E-state index < -0.39 is 5.97 Å². The van der Waals surface area contributed by atoms with Crippen LogP contribution in [0.5, 0.6) is 0 Å². The molecule has 0 saturated heterocycles. The third-order valence-electron chi connectivity index (χ3n) is 1.52. The predicted molar refractivity (Wildman–Crippen MR) is 57.8 cm³/mol. The summed E-state index contributed by atoms with van der Waals surface area (Å²) < 4.78 is 1.05. The highest BCUT2D eigenvalue weighted by atomic mass is 127. The third-order valence-corrected chi connectivity index (χ3v) is 2.24. The fourth-order valence-corrected chi connectivity index (χ4v) is 1.22. The number of carbonyl (C=O) groups excluding carboxylic acids is 1. The Hall–Kier alpha value is -1.35. The summed E-state index contributed by atoms with van der Waals surface area (Å²) >= 11 is 2.14. The number of nitriles is 1. The van der Waals surface area contributed by atoms with Crippen molar-refractivity contribution >= 4 is 34.6 Å². The van der Waals surface area contributed by atoms with E-state index in [1.807, 2.05) is 12.1 Å². The Morgan fingerprint density at radius 1 is 1.43 bits per heavy atom. The molecule has 0 aliphatic carbocycles. The lowest BCUT2D eigenvalue weighted by Crippen LogP contribution is -2.23. The molecule has 0 atom stereocenters. The van der Waals surface area contributed by atoms with Crippen LogP contribution in [0.4, 0.5) is 0 Å². The second-order valence-corrected chi connectivity index (χ2v) is 3.75. The van der Waals surface area contributed by atoms with Gasteiger partial charge in [0.1, 0.15) is 6.07 Å². The van der Waals surface area contributed by atoms with Crippen molar-refractivity contribution in [2.75, 3.05) is 0 Å². The van der Waals surface area contributed by atoms with E-state index in [0.29, 0.717) is 5.56 Å². The molecule has 4 heteroatoms. The number of aliphatic carboxylic acids is 1. The number of carboxylic acid groups (broad SMARTS) is 1. The number of rotatable bonds is 2. The maximum absolute atomic E-state index is 10.4. The molecule has 0 unspecified atom stereocenters. The second-order valence-electron chi connectivity index (χ2n) is 2.51. The number of hydrogen-bond acceptors (Lipinski definition) is 3. The van der Waals surface area contributed by atoms with Crippen molar-refractivity contribution in [1.82, 2.24) is 0 Å². The van der Waals surface area contributed by atoms with E-state index in [0.717, 1.165) is 3.57 Å². The van der Waals surface area contributed by atoms with Gasteiger partial charge in [-0.2, -0.15) is 5.26 Å². The van der Waals surface area contributed by atoms with Crippen molar-refractivity contribution in [3.8, 4) is 6.07 Å². The molecule has 0 fully saturated rings. The van der Waals surface area contributed by atoms with Crippen LogP contribution in [-0.4, -0.2) is 5.97 Å². The van der Waals surface area contributed by atoms with E-state index in [4.69, 9.17) is 5.26 Å². The Labute approximate surface area is 94.8 Å². The van der Waals surface area contributed by atoms with Crippen LogP contribution in [0.2, 0.25) is 0 Å². The fraction of sp³-hybridized carbons (Fsp3) is 0. The molecular weight excluding hydrogens is 293 g/mol. The zero-order chi connectivity index (χ0) is 10.6. The molecular formula is C10H5INO2-. The summed E-state index contributed by atoms with van der Waals surface area (Å²) in [6.45, 7) is 0. The molecule has 0 heterocycles. The average molecular weight is 298 g/mol. The van der Waals surface area contributed by atoms with Crippen molar-refractivity contribution in [1.29, 1.82) is 5.26 Å². The summed E-state index contributed by atoms with van der Waals surface area (Å²) in [5.74, 6) is -1.45. The highest BCUT2D eigenvalue weighted by molar-refractivity contribution is 14.1. The van der Waals surface area contributed by atoms with Crippen molar-refractivity contribution < 1.29 is 9.90 Å². The monoisotopic (exact) mass is 298 g/mol. The van der Waals surface area contributed by atoms with E-state index in [1.54, 1.807) is 18.2 Å². The van der Waals surface area contributed by atoms with Gasteiger partial charge >= 0.3 is 0 Å². The second kappa shape index (κ2) is 4.77. The molecule has 0 spiro atoms. The molecule has 0 aromatic heterocycles. The van der Waals surface area contributed by atoms with Gasteiger partial charge in [-0.25, -0.2) is 0 Å². The lowest BCUT2D eigenvalue weighted by molar-refractivity contribution is -0.298. The van der Waals surface area contributed by atoms with E-state index in [9.17, 15) is 9.90 Å². The minimum atomic E-state index is -1.45. The van der Waals surface area contributed by atoms with Crippen molar-refractivity contribution in [3.63, 3.8) is 0 Å². The highest BCUT2D eigenvalue weighted by Gasteiger charge is 1.96. The van der Waals surface area contributed by atoms with Crippen molar-refractivity contribution in [2.45, 2.75) is 0 Å². The van der Waals surface area contributed by atoms with Gasteiger partial charge in [0, 0.05) is 3.57 Å². The van der Waals surface area contributed by atoms with Crippen LogP contribution in [0.3, 0.4) is 0 Å². The number of hydrogen-bond donors (Lipinski definition) is 0. The molecule has 3 nitrogen and oxygen atoms in total. The van der Waals surface area contributed by atoms with Gasteiger partial charge in [-0.05, 0) is 46.4 Å². The van der Waals surface area contributed by atoms with Gasteiger partial charge in [0.15, 0.2) is 0 Å². The maximum atomic E-state index is 10.4. The third kappa shape index (κ3) is 2.85.